The lowest BCUT2D eigenvalue weighted by Gasteiger charge is -2.02. The van der Waals surface area contributed by atoms with Crippen LogP contribution in [0.2, 0.25) is 0 Å². The molecule has 1 aromatic heterocycles. The molecule has 1 heterocycles. The van der Waals surface area contributed by atoms with Gasteiger partial charge in [0.2, 0.25) is 0 Å². The highest BCUT2D eigenvalue weighted by atomic mass is 14.9. The highest BCUT2D eigenvalue weighted by Gasteiger charge is 1.91. The Kier molecular flexibility index (Phi) is 10.5. The monoisotopic (exact) mass is 208 g/mol. The molecule has 0 aromatic carbocycles. The molecule has 0 radical (unpaired) electrons. The third-order valence-electron chi connectivity index (χ3n) is 1.99. The molecule has 86 valence electrons. The van der Waals surface area contributed by atoms with Crippen molar-refractivity contribution in [2.45, 2.75) is 46.6 Å². The fourth-order valence-corrected chi connectivity index (χ4v) is 1.22. The zero-order valence-electron chi connectivity index (χ0n) is 10.3. The molecule has 2 heteroatoms. The number of pyridine rings is 1. The minimum atomic E-state index is 0.893. The average molecular weight is 208 g/mol. The summed E-state index contributed by atoms with van der Waals surface area (Å²) in [5.74, 6) is 0. The van der Waals surface area contributed by atoms with Gasteiger partial charge in [0.05, 0.1) is 5.69 Å². The van der Waals surface area contributed by atoms with Crippen molar-refractivity contribution in [1.29, 1.82) is 0 Å². The molecule has 15 heavy (non-hydrogen) atoms. The van der Waals surface area contributed by atoms with Crippen LogP contribution in [0, 0.1) is 0 Å². The van der Waals surface area contributed by atoms with Gasteiger partial charge >= 0.3 is 0 Å². The summed E-state index contributed by atoms with van der Waals surface area (Å²) in [5, 5.41) is 3.37. The number of unbranched alkanes of at least 4 members (excludes halogenated alkanes) is 2. The van der Waals surface area contributed by atoms with Gasteiger partial charge in [-0.05, 0) is 25.1 Å². The van der Waals surface area contributed by atoms with Crippen LogP contribution in [0.25, 0.3) is 0 Å². The number of aromatic nitrogens is 1. The van der Waals surface area contributed by atoms with E-state index in [9.17, 15) is 0 Å². The van der Waals surface area contributed by atoms with Crippen molar-refractivity contribution >= 4 is 0 Å². The van der Waals surface area contributed by atoms with Crippen molar-refractivity contribution in [1.82, 2.24) is 10.3 Å². The Morgan fingerprint density at radius 1 is 1.20 bits per heavy atom. The molecule has 0 amide bonds. The smallest absolute Gasteiger partial charge is 0.0541 e. The van der Waals surface area contributed by atoms with Gasteiger partial charge in [-0.2, -0.15) is 0 Å². The molecule has 1 rings (SSSR count). The summed E-state index contributed by atoms with van der Waals surface area (Å²) in [6.07, 6.45) is 5.70. The van der Waals surface area contributed by atoms with E-state index >= 15 is 0 Å². The van der Waals surface area contributed by atoms with E-state index < -0.39 is 0 Å². The molecule has 0 saturated heterocycles. The van der Waals surface area contributed by atoms with Gasteiger partial charge in [0.1, 0.15) is 0 Å². The Labute approximate surface area is 94.1 Å². The van der Waals surface area contributed by atoms with E-state index in [2.05, 4.69) is 17.2 Å². The maximum absolute atomic E-state index is 4.23. The summed E-state index contributed by atoms with van der Waals surface area (Å²) in [5.41, 5.74) is 1.12. The Hall–Kier alpha value is -0.890. The van der Waals surface area contributed by atoms with Gasteiger partial charge in [-0.3, -0.25) is 4.98 Å². The number of rotatable bonds is 6. The fraction of sp³-hybridized carbons (Fsp3) is 0.615. The van der Waals surface area contributed by atoms with E-state index in [1.807, 2.05) is 38.2 Å². The standard InChI is InChI=1S/C11H18N2.C2H6/c1-2-3-5-8-12-10-11-7-4-6-9-13-11;1-2/h4,6-7,9,12H,2-3,5,8,10H2,1H3;1-2H3. The normalized spacial score (nSPS) is 9.27. The topological polar surface area (TPSA) is 24.9 Å². The van der Waals surface area contributed by atoms with Crippen molar-refractivity contribution in [3.63, 3.8) is 0 Å². The van der Waals surface area contributed by atoms with Gasteiger partial charge in [-0.25, -0.2) is 0 Å². The van der Waals surface area contributed by atoms with Crippen molar-refractivity contribution < 1.29 is 0 Å². The summed E-state index contributed by atoms with van der Waals surface area (Å²) >= 11 is 0. The van der Waals surface area contributed by atoms with E-state index in [-0.39, 0.29) is 0 Å². The first-order valence-electron chi connectivity index (χ1n) is 6.04. The third-order valence-corrected chi connectivity index (χ3v) is 1.99. The zero-order valence-corrected chi connectivity index (χ0v) is 10.3. The minimum absolute atomic E-state index is 0.893. The van der Waals surface area contributed by atoms with Crippen LogP contribution in [0.4, 0.5) is 0 Å². The van der Waals surface area contributed by atoms with Crippen LogP contribution in [0.15, 0.2) is 24.4 Å². The third kappa shape index (κ3) is 8.13. The van der Waals surface area contributed by atoms with Crippen LogP contribution < -0.4 is 5.32 Å². The molecular formula is C13H24N2. The van der Waals surface area contributed by atoms with E-state index in [0.29, 0.717) is 0 Å². The van der Waals surface area contributed by atoms with Crippen LogP contribution in [-0.2, 0) is 6.54 Å². The molecule has 0 aliphatic heterocycles. The molecule has 0 spiro atoms. The zero-order chi connectivity index (χ0) is 11.4. The summed E-state index contributed by atoms with van der Waals surface area (Å²) in [6.45, 7) is 8.22. The Balaban J connectivity index is 0.000000921. The van der Waals surface area contributed by atoms with Crippen molar-refractivity contribution in [3.8, 4) is 0 Å². The highest BCUT2D eigenvalue weighted by Crippen LogP contribution is 1.94. The second-order valence-electron chi connectivity index (χ2n) is 3.20. The van der Waals surface area contributed by atoms with E-state index in [4.69, 9.17) is 0 Å². The second-order valence-corrected chi connectivity index (χ2v) is 3.20. The fourth-order valence-electron chi connectivity index (χ4n) is 1.22. The Morgan fingerprint density at radius 3 is 2.60 bits per heavy atom. The summed E-state index contributed by atoms with van der Waals surface area (Å²) in [4.78, 5) is 4.23. The van der Waals surface area contributed by atoms with Gasteiger partial charge in [0.25, 0.3) is 0 Å². The Morgan fingerprint density at radius 2 is 2.00 bits per heavy atom. The molecule has 0 bridgehead atoms. The molecule has 0 fully saturated rings. The molecule has 0 aliphatic carbocycles. The first-order chi connectivity index (χ1) is 7.43. The second kappa shape index (κ2) is 11.2. The SMILES string of the molecule is CC.CCCCCNCc1ccccn1. The first-order valence-corrected chi connectivity index (χ1v) is 6.04. The summed E-state index contributed by atoms with van der Waals surface area (Å²) in [6, 6.07) is 6.02. The van der Waals surface area contributed by atoms with Crippen LogP contribution in [0.5, 0.6) is 0 Å². The maximum atomic E-state index is 4.23. The van der Waals surface area contributed by atoms with Crippen molar-refractivity contribution in [3.05, 3.63) is 30.1 Å². The maximum Gasteiger partial charge on any atom is 0.0541 e. The van der Waals surface area contributed by atoms with E-state index in [0.717, 1.165) is 18.8 Å². The van der Waals surface area contributed by atoms with Gasteiger partial charge < -0.3 is 5.32 Å². The largest absolute Gasteiger partial charge is 0.311 e. The molecule has 1 N–H and O–H groups in total. The number of hydrogen-bond acceptors (Lipinski definition) is 2. The van der Waals surface area contributed by atoms with Crippen LogP contribution in [0.3, 0.4) is 0 Å². The Bertz CT molecular complexity index is 209. The molecule has 0 saturated carbocycles. The number of hydrogen-bond donors (Lipinski definition) is 1. The van der Waals surface area contributed by atoms with Crippen LogP contribution in [-0.4, -0.2) is 11.5 Å². The van der Waals surface area contributed by atoms with Gasteiger partial charge in [0, 0.05) is 12.7 Å². The van der Waals surface area contributed by atoms with Gasteiger partial charge in [-0.1, -0.05) is 39.7 Å². The summed E-state index contributed by atoms with van der Waals surface area (Å²) < 4.78 is 0. The van der Waals surface area contributed by atoms with Gasteiger partial charge in [-0.15, -0.1) is 0 Å². The lowest BCUT2D eigenvalue weighted by molar-refractivity contribution is 0.611. The van der Waals surface area contributed by atoms with Crippen LogP contribution >= 0.6 is 0 Å². The minimum Gasteiger partial charge on any atom is -0.311 e. The van der Waals surface area contributed by atoms with E-state index in [1.165, 1.54) is 19.3 Å². The number of nitrogens with one attached hydrogen (secondary N) is 1. The molecule has 0 unspecified atom stereocenters. The van der Waals surface area contributed by atoms with E-state index in [1.54, 1.807) is 0 Å². The average Bonchev–Trinajstić information content (AvgIpc) is 2.33. The molecule has 2 nitrogen and oxygen atoms in total. The molecule has 0 aliphatic rings. The predicted octanol–water partition coefficient (Wildman–Crippen LogP) is 3.39. The highest BCUT2D eigenvalue weighted by molar-refractivity contribution is 5.02. The molecule has 0 atom stereocenters. The quantitative estimate of drug-likeness (QED) is 0.725. The first kappa shape index (κ1) is 14.1. The number of nitrogens with zero attached hydrogens (tertiary/aromatic N) is 1. The lowest BCUT2D eigenvalue weighted by Crippen LogP contribution is -2.15. The van der Waals surface area contributed by atoms with Crippen molar-refractivity contribution in [2.75, 3.05) is 6.54 Å². The van der Waals surface area contributed by atoms with Crippen LogP contribution in [0.1, 0.15) is 45.7 Å². The predicted molar refractivity (Wildman–Crippen MR) is 66.8 cm³/mol. The van der Waals surface area contributed by atoms with Crippen molar-refractivity contribution in [2.24, 2.45) is 0 Å². The molecule has 1 aromatic rings. The molecular weight excluding hydrogens is 184 g/mol. The summed E-state index contributed by atoms with van der Waals surface area (Å²) in [7, 11) is 0. The lowest BCUT2D eigenvalue weighted by atomic mass is 10.2. The van der Waals surface area contributed by atoms with Gasteiger partial charge in [0.15, 0.2) is 0 Å².